The number of pyridine rings is 1. The number of hydrogen-bond donors (Lipinski definition) is 5. The van der Waals surface area contributed by atoms with Crippen LogP contribution in [0.5, 0.6) is 5.75 Å². The van der Waals surface area contributed by atoms with Crippen molar-refractivity contribution in [3.05, 3.63) is 89.2 Å². The van der Waals surface area contributed by atoms with E-state index >= 15 is 0 Å². The van der Waals surface area contributed by atoms with Crippen LogP contribution in [0.15, 0.2) is 67.0 Å². The Morgan fingerprint density at radius 1 is 0.977 bits per heavy atom. The lowest BCUT2D eigenvalue weighted by atomic mass is 10.0. The van der Waals surface area contributed by atoms with Gasteiger partial charge in [-0.1, -0.05) is 6.07 Å². The van der Waals surface area contributed by atoms with Crippen molar-refractivity contribution in [3.8, 4) is 5.75 Å². The van der Waals surface area contributed by atoms with Gasteiger partial charge in [-0.2, -0.15) is 26.3 Å². The number of anilines is 1. The number of hydrogen-bond acceptors (Lipinski definition) is 6. The molecular formula is C27H25F6N5O5. The summed E-state index contributed by atoms with van der Waals surface area (Å²) in [6.45, 7) is 1.45. The highest BCUT2D eigenvalue weighted by atomic mass is 19.4. The summed E-state index contributed by atoms with van der Waals surface area (Å²) in [5.41, 5.74) is 6.15. The molecular weight excluding hydrogens is 588 g/mol. The van der Waals surface area contributed by atoms with Crippen molar-refractivity contribution in [2.45, 2.75) is 38.3 Å². The van der Waals surface area contributed by atoms with Crippen LogP contribution in [-0.4, -0.2) is 39.9 Å². The van der Waals surface area contributed by atoms with E-state index in [0.717, 1.165) is 6.07 Å². The van der Waals surface area contributed by atoms with Crippen LogP contribution in [0.3, 0.4) is 0 Å². The summed E-state index contributed by atoms with van der Waals surface area (Å²) in [7, 11) is 0. The van der Waals surface area contributed by atoms with Gasteiger partial charge in [0.1, 0.15) is 24.6 Å². The molecule has 0 aliphatic carbocycles. The summed E-state index contributed by atoms with van der Waals surface area (Å²) in [5, 5.41) is 19.6. The number of rotatable bonds is 9. The molecule has 3 rings (SSSR count). The van der Waals surface area contributed by atoms with Crippen LogP contribution in [0.2, 0.25) is 0 Å². The molecule has 16 heteroatoms. The van der Waals surface area contributed by atoms with Crippen LogP contribution in [0, 0.1) is 5.41 Å². The van der Waals surface area contributed by atoms with Gasteiger partial charge in [0.15, 0.2) is 0 Å². The number of ether oxygens (including phenoxy) is 1. The fourth-order valence-corrected chi connectivity index (χ4v) is 3.26. The Hall–Kier alpha value is -5.15. The highest BCUT2D eigenvalue weighted by Crippen LogP contribution is 2.38. The first-order valence-corrected chi connectivity index (χ1v) is 12.0. The Morgan fingerprint density at radius 3 is 2.07 bits per heavy atom. The van der Waals surface area contributed by atoms with Gasteiger partial charge in [0.05, 0.1) is 11.6 Å². The van der Waals surface area contributed by atoms with Crippen LogP contribution < -0.4 is 21.1 Å². The van der Waals surface area contributed by atoms with Crippen molar-refractivity contribution in [2.75, 3.05) is 5.32 Å². The van der Waals surface area contributed by atoms with E-state index in [0.29, 0.717) is 16.8 Å². The molecule has 1 unspecified atom stereocenters. The molecule has 10 nitrogen and oxygen atoms in total. The van der Waals surface area contributed by atoms with E-state index in [1.54, 1.807) is 24.3 Å². The lowest BCUT2D eigenvalue weighted by Gasteiger charge is -2.19. The van der Waals surface area contributed by atoms with E-state index in [4.69, 9.17) is 25.8 Å². The minimum atomic E-state index is -5.08. The summed E-state index contributed by atoms with van der Waals surface area (Å²) in [6.07, 6.45) is -7.26. The molecule has 0 fully saturated rings. The van der Waals surface area contributed by atoms with E-state index in [1.165, 1.54) is 43.6 Å². The number of carbonyl (C=O) groups is 3. The van der Waals surface area contributed by atoms with E-state index < -0.39 is 48.2 Å². The third-order valence-corrected chi connectivity index (χ3v) is 5.37. The standard InChI is InChI=1S/C25H24F3N5O3.C2HF3O2/c1-15(32-22(34)13-23(35)33-19-5-2-17(3-6-19)24(29)30)18-4-7-21(20(12-18)25(26,27)28)36-14-16-8-10-31-11-9-16;3-2(4,5)1(6)7/h2-12,15H,13-14H2,1H3,(H3,29,30)(H,32,34)(H,33,35);(H,6,7). The molecule has 0 bridgehead atoms. The minimum absolute atomic E-state index is 0.0656. The quantitative estimate of drug-likeness (QED) is 0.1000. The maximum atomic E-state index is 13.7. The molecule has 0 saturated carbocycles. The van der Waals surface area contributed by atoms with Crippen molar-refractivity contribution in [2.24, 2.45) is 5.73 Å². The van der Waals surface area contributed by atoms with Crippen molar-refractivity contribution in [1.29, 1.82) is 5.41 Å². The van der Waals surface area contributed by atoms with Crippen LogP contribution in [-0.2, 0) is 27.2 Å². The van der Waals surface area contributed by atoms with Gasteiger partial charge in [0.2, 0.25) is 11.8 Å². The fourth-order valence-electron chi connectivity index (χ4n) is 3.26. The molecule has 2 aromatic carbocycles. The topological polar surface area (TPSA) is 167 Å². The maximum absolute atomic E-state index is 13.7. The van der Waals surface area contributed by atoms with Gasteiger partial charge in [0, 0.05) is 23.6 Å². The predicted molar refractivity (Wildman–Crippen MR) is 141 cm³/mol. The second kappa shape index (κ2) is 14.7. The molecule has 0 aliphatic rings. The van der Waals surface area contributed by atoms with Crippen LogP contribution >= 0.6 is 0 Å². The number of nitrogens with one attached hydrogen (secondary N) is 3. The second-order valence-corrected chi connectivity index (χ2v) is 8.71. The number of nitrogen functional groups attached to an aromatic ring is 1. The van der Waals surface area contributed by atoms with E-state index in [1.807, 2.05) is 0 Å². The normalized spacial score (nSPS) is 11.8. The number of aliphatic carboxylic acids is 1. The summed E-state index contributed by atoms with van der Waals surface area (Å²) in [6, 6.07) is 12.2. The highest BCUT2D eigenvalue weighted by Gasteiger charge is 2.38. The molecule has 1 aromatic heterocycles. The largest absolute Gasteiger partial charge is 0.490 e. The average molecular weight is 614 g/mol. The molecule has 1 atom stereocenters. The van der Waals surface area contributed by atoms with Gasteiger partial charge in [-0.15, -0.1) is 0 Å². The van der Waals surface area contributed by atoms with Gasteiger partial charge in [0.25, 0.3) is 0 Å². The van der Waals surface area contributed by atoms with Crippen LogP contribution in [0.1, 0.15) is 41.6 Å². The van der Waals surface area contributed by atoms with Gasteiger partial charge in [-0.05, 0) is 66.6 Å². The smallest absolute Gasteiger partial charge is 0.488 e. The highest BCUT2D eigenvalue weighted by molar-refractivity contribution is 6.04. The number of alkyl halides is 6. The van der Waals surface area contributed by atoms with Crippen LogP contribution in [0.25, 0.3) is 0 Å². The third-order valence-electron chi connectivity index (χ3n) is 5.37. The molecule has 0 radical (unpaired) electrons. The van der Waals surface area contributed by atoms with E-state index in [2.05, 4.69) is 15.6 Å². The van der Waals surface area contributed by atoms with E-state index in [9.17, 15) is 35.9 Å². The number of halogens is 6. The van der Waals surface area contributed by atoms with Gasteiger partial charge >= 0.3 is 18.3 Å². The maximum Gasteiger partial charge on any atom is 0.490 e. The molecule has 3 aromatic rings. The molecule has 0 saturated heterocycles. The van der Waals surface area contributed by atoms with E-state index in [-0.39, 0.29) is 23.8 Å². The summed E-state index contributed by atoms with van der Waals surface area (Å²) in [5.74, 6) is -4.48. The van der Waals surface area contributed by atoms with Crippen molar-refractivity contribution >= 4 is 29.3 Å². The molecule has 0 aliphatic heterocycles. The zero-order valence-electron chi connectivity index (χ0n) is 22.2. The first kappa shape index (κ1) is 34.1. The minimum Gasteiger partial charge on any atom is -0.488 e. The molecule has 230 valence electrons. The number of aromatic nitrogens is 1. The number of carboxylic acid groups (broad SMARTS) is 1. The zero-order chi connectivity index (χ0) is 32.4. The lowest BCUT2D eigenvalue weighted by molar-refractivity contribution is -0.192. The fraction of sp³-hybridized carbons (Fsp3) is 0.222. The Kier molecular flexibility index (Phi) is 11.6. The summed E-state index contributed by atoms with van der Waals surface area (Å²) in [4.78, 5) is 37.2. The Labute approximate surface area is 240 Å². The first-order chi connectivity index (χ1) is 20.0. The van der Waals surface area contributed by atoms with Crippen molar-refractivity contribution < 1.29 is 50.6 Å². The predicted octanol–water partition coefficient (Wildman–Crippen LogP) is 4.80. The summed E-state index contributed by atoms with van der Waals surface area (Å²) >= 11 is 0. The molecule has 1 heterocycles. The number of carbonyl (C=O) groups excluding carboxylic acids is 2. The van der Waals surface area contributed by atoms with Crippen molar-refractivity contribution in [3.63, 3.8) is 0 Å². The van der Waals surface area contributed by atoms with Gasteiger partial charge < -0.3 is 26.2 Å². The van der Waals surface area contributed by atoms with Gasteiger partial charge in [-0.3, -0.25) is 20.0 Å². The Bertz CT molecular complexity index is 1430. The Balaban J connectivity index is 0.000000821. The molecule has 2 amide bonds. The Morgan fingerprint density at radius 2 is 1.56 bits per heavy atom. The number of benzene rings is 2. The number of carboxylic acids is 1. The number of nitrogens with two attached hydrogens (primary N) is 1. The SMILES string of the molecule is CC(NC(=O)CC(=O)Nc1ccc(C(=N)N)cc1)c1ccc(OCc2ccncc2)c(C(F)(F)F)c1.O=C(O)C(F)(F)F. The third kappa shape index (κ3) is 11.3. The number of amides is 2. The zero-order valence-corrected chi connectivity index (χ0v) is 22.2. The molecule has 6 N–H and O–H groups in total. The van der Waals surface area contributed by atoms with Crippen LogP contribution in [0.4, 0.5) is 32.0 Å². The first-order valence-electron chi connectivity index (χ1n) is 12.0. The molecule has 0 spiro atoms. The summed E-state index contributed by atoms with van der Waals surface area (Å²) < 4.78 is 78.2. The number of nitrogens with zero attached hydrogens (tertiary/aromatic N) is 1. The average Bonchev–Trinajstić information content (AvgIpc) is 2.91. The van der Waals surface area contributed by atoms with Crippen molar-refractivity contribution in [1.82, 2.24) is 10.3 Å². The lowest BCUT2D eigenvalue weighted by Crippen LogP contribution is -2.30. The second-order valence-electron chi connectivity index (χ2n) is 8.71. The monoisotopic (exact) mass is 613 g/mol. The molecule has 43 heavy (non-hydrogen) atoms. The van der Waals surface area contributed by atoms with Gasteiger partial charge in [-0.25, -0.2) is 4.79 Å². The number of amidine groups is 1.